The Morgan fingerprint density at radius 1 is 1.12 bits per heavy atom. The maximum absolute atomic E-state index is 13.1. The van der Waals surface area contributed by atoms with E-state index in [1.54, 1.807) is 0 Å². The molecule has 2 aliphatic rings. The number of likely N-dealkylation sites (N-methyl/N-ethyl adjacent to an activating group) is 1. The summed E-state index contributed by atoms with van der Waals surface area (Å²) in [7, 11) is 4.06. The topological polar surface area (TPSA) is 41.4 Å². The van der Waals surface area contributed by atoms with Gasteiger partial charge in [0.05, 0.1) is 12.2 Å². The second kappa shape index (κ2) is 6.06. The first kappa shape index (κ1) is 15.4. The molecule has 1 aliphatic carbocycles. The fourth-order valence-corrected chi connectivity index (χ4v) is 3.82. The van der Waals surface area contributed by atoms with Crippen molar-refractivity contribution < 1.29 is 4.79 Å². The first-order valence-electron chi connectivity index (χ1n) is 8.66. The van der Waals surface area contributed by atoms with Gasteiger partial charge in [-0.15, -0.1) is 0 Å². The minimum atomic E-state index is 0.129. The molecule has 1 saturated carbocycles. The number of hydrogen-bond acceptors (Lipinski definition) is 3. The minimum Gasteiger partial charge on any atom is -0.333 e. The predicted molar refractivity (Wildman–Crippen MR) is 92.4 cm³/mol. The Labute approximate surface area is 142 Å². The highest BCUT2D eigenvalue weighted by Crippen LogP contribution is 2.49. The fourth-order valence-electron chi connectivity index (χ4n) is 3.82. The number of carbonyl (C=O) groups is 1. The van der Waals surface area contributed by atoms with Gasteiger partial charge in [-0.1, -0.05) is 30.3 Å². The van der Waals surface area contributed by atoms with Crippen molar-refractivity contribution in [3.8, 4) is 0 Å². The van der Waals surface area contributed by atoms with Gasteiger partial charge in [0.25, 0.3) is 0 Å². The van der Waals surface area contributed by atoms with Crippen LogP contribution in [0.3, 0.4) is 0 Å². The summed E-state index contributed by atoms with van der Waals surface area (Å²) in [5.41, 5.74) is 2.43. The Hall–Kier alpha value is -2.14. The highest BCUT2D eigenvalue weighted by Gasteiger charge is 2.48. The Morgan fingerprint density at radius 2 is 1.92 bits per heavy atom. The number of nitrogens with zero attached hydrogens (tertiary/aromatic N) is 4. The van der Waals surface area contributed by atoms with Gasteiger partial charge in [0.2, 0.25) is 5.91 Å². The van der Waals surface area contributed by atoms with Crippen LogP contribution in [0, 0.1) is 5.92 Å². The Bertz CT molecular complexity index is 726. The van der Waals surface area contributed by atoms with E-state index in [4.69, 9.17) is 0 Å². The molecular formula is C19H24N4O. The molecule has 5 nitrogen and oxygen atoms in total. The lowest BCUT2D eigenvalue weighted by Gasteiger charge is -2.40. The molecule has 4 rings (SSSR count). The Morgan fingerprint density at radius 3 is 2.62 bits per heavy atom. The van der Waals surface area contributed by atoms with Gasteiger partial charge in [-0.05, 0) is 30.5 Å². The van der Waals surface area contributed by atoms with E-state index < -0.39 is 0 Å². The van der Waals surface area contributed by atoms with Crippen LogP contribution in [-0.4, -0.2) is 52.2 Å². The third-order valence-electron chi connectivity index (χ3n) is 5.31. The number of amides is 1. The van der Waals surface area contributed by atoms with E-state index in [0.29, 0.717) is 11.8 Å². The van der Waals surface area contributed by atoms with Gasteiger partial charge >= 0.3 is 0 Å². The zero-order valence-corrected chi connectivity index (χ0v) is 14.3. The molecule has 0 bridgehead atoms. The quantitative estimate of drug-likeness (QED) is 0.867. The van der Waals surface area contributed by atoms with E-state index in [9.17, 15) is 4.79 Å². The van der Waals surface area contributed by atoms with E-state index in [-0.39, 0.29) is 12.0 Å². The van der Waals surface area contributed by atoms with Gasteiger partial charge in [0.15, 0.2) is 0 Å². The molecule has 126 valence electrons. The van der Waals surface area contributed by atoms with Crippen LogP contribution >= 0.6 is 0 Å². The van der Waals surface area contributed by atoms with Crippen molar-refractivity contribution in [2.45, 2.75) is 18.4 Å². The van der Waals surface area contributed by atoms with Crippen molar-refractivity contribution in [2.75, 3.05) is 26.7 Å². The number of rotatable bonds is 3. The second-order valence-electron chi connectivity index (χ2n) is 7.12. The minimum absolute atomic E-state index is 0.129. The zero-order chi connectivity index (χ0) is 16.7. The lowest BCUT2D eigenvalue weighted by Crippen LogP contribution is -2.49. The van der Waals surface area contributed by atoms with Crippen LogP contribution in [0.5, 0.6) is 0 Å². The van der Waals surface area contributed by atoms with Crippen molar-refractivity contribution in [2.24, 2.45) is 13.0 Å². The third kappa shape index (κ3) is 2.84. The average Bonchev–Trinajstić information content (AvgIpc) is 3.29. The van der Waals surface area contributed by atoms with E-state index in [1.807, 2.05) is 30.2 Å². The van der Waals surface area contributed by atoms with Crippen molar-refractivity contribution in [3.05, 3.63) is 53.9 Å². The van der Waals surface area contributed by atoms with E-state index in [1.165, 1.54) is 11.1 Å². The number of piperazine rings is 1. The fraction of sp³-hybridized carbons (Fsp3) is 0.474. The van der Waals surface area contributed by atoms with Crippen molar-refractivity contribution >= 4 is 5.91 Å². The van der Waals surface area contributed by atoms with E-state index in [0.717, 1.165) is 26.1 Å². The van der Waals surface area contributed by atoms with Gasteiger partial charge in [-0.25, -0.2) is 0 Å². The molecule has 2 fully saturated rings. The zero-order valence-electron chi connectivity index (χ0n) is 14.3. The summed E-state index contributed by atoms with van der Waals surface area (Å²) in [5.74, 6) is 0.789. The maximum atomic E-state index is 13.1. The van der Waals surface area contributed by atoms with Crippen LogP contribution in [0.25, 0.3) is 0 Å². The normalized spacial score (nSPS) is 27.2. The molecule has 0 radical (unpaired) electrons. The standard InChI is InChI=1S/C19H24N4O/c1-21-8-9-23(18(13-21)14-6-4-3-5-7-14)19(24)17-10-16(17)15-11-20-22(2)12-15/h3-7,11-12,16-18H,8-10,13H2,1-2H3/t16-,17+,18+/m0/s1. The van der Waals surface area contributed by atoms with Crippen LogP contribution in [0.15, 0.2) is 42.7 Å². The summed E-state index contributed by atoms with van der Waals surface area (Å²) in [6.07, 6.45) is 4.89. The van der Waals surface area contributed by atoms with Crippen LogP contribution < -0.4 is 0 Å². The Kier molecular flexibility index (Phi) is 3.88. The molecule has 5 heteroatoms. The second-order valence-corrected chi connectivity index (χ2v) is 7.12. The largest absolute Gasteiger partial charge is 0.333 e. The monoisotopic (exact) mass is 324 g/mol. The average molecular weight is 324 g/mol. The van der Waals surface area contributed by atoms with Crippen molar-refractivity contribution in [3.63, 3.8) is 0 Å². The first-order valence-corrected chi connectivity index (χ1v) is 8.66. The lowest BCUT2D eigenvalue weighted by molar-refractivity contribution is -0.137. The molecule has 2 aromatic rings. The SMILES string of the molecule is CN1CCN(C(=O)[C@@H]2C[C@H]2c2cnn(C)c2)[C@@H](c2ccccc2)C1. The van der Waals surface area contributed by atoms with Gasteiger partial charge in [0, 0.05) is 38.8 Å². The van der Waals surface area contributed by atoms with Gasteiger partial charge in [-0.3, -0.25) is 9.48 Å². The summed E-state index contributed by atoms with van der Waals surface area (Å²) in [4.78, 5) is 17.5. The summed E-state index contributed by atoms with van der Waals surface area (Å²) in [6, 6.07) is 10.6. The Balaban J connectivity index is 1.52. The molecule has 0 unspecified atom stereocenters. The van der Waals surface area contributed by atoms with Crippen LogP contribution in [-0.2, 0) is 11.8 Å². The smallest absolute Gasteiger partial charge is 0.226 e. The molecule has 0 N–H and O–H groups in total. The number of hydrogen-bond donors (Lipinski definition) is 0. The number of aryl methyl sites for hydroxylation is 1. The molecule has 1 aliphatic heterocycles. The maximum Gasteiger partial charge on any atom is 0.226 e. The summed E-state index contributed by atoms with van der Waals surface area (Å²) in [5, 5.41) is 4.24. The van der Waals surface area contributed by atoms with Gasteiger partial charge in [-0.2, -0.15) is 5.10 Å². The van der Waals surface area contributed by atoms with Crippen LogP contribution in [0.1, 0.15) is 29.5 Å². The van der Waals surface area contributed by atoms with E-state index >= 15 is 0 Å². The molecule has 0 spiro atoms. The molecule has 24 heavy (non-hydrogen) atoms. The molecule has 2 heterocycles. The number of carbonyl (C=O) groups excluding carboxylic acids is 1. The summed E-state index contributed by atoms with van der Waals surface area (Å²) in [6.45, 7) is 2.66. The van der Waals surface area contributed by atoms with E-state index in [2.05, 4.69) is 46.2 Å². The summed E-state index contributed by atoms with van der Waals surface area (Å²) < 4.78 is 1.82. The van der Waals surface area contributed by atoms with Gasteiger partial charge < -0.3 is 9.80 Å². The van der Waals surface area contributed by atoms with Crippen molar-refractivity contribution in [1.29, 1.82) is 0 Å². The number of aromatic nitrogens is 2. The van der Waals surface area contributed by atoms with Gasteiger partial charge in [0.1, 0.15) is 0 Å². The first-order chi connectivity index (χ1) is 11.6. The molecule has 1 amide bonds. The predicted octanol–water partition coefficient (Wildman–Crippen LogP) is 2.04. The molecule has 1 aromatic heterocycles. The third-order valence-corrected chi connectivity index (χ3v) is 5.31. The number of benzene rings is 1. The molecule has 1 saturated heterocycles. The molecular weight excluding hydrogens is 300 g/mol. The van der Waals surface area contributed by atoms with Crippen LogP contribution in [0.4, 0.5) is 0 Å². The summed E-state index contributed by atoms with van der Waals surface area (Å²) >= 11 is 0. The lowest BCUT2D eigenvalue weighted by atomic mass is 10.0. The highest BCUT2D eigenvalue weighted by molar-refractivity contribution is 5.83. The van der Waals surface area contributed by atoms with Crippen molar-refractivity contribution in [1.82, 2.24) is 19.6 Å². The molecule has 1 aromatic carbocycles. The molecule has 3 atom stereocenters. The van der Waals surface area contributed by atoms with Crippen LogP contribution in [0.2, 0.25) is 0 Å². The highest BCUT2D eigenvalue weighted by atomic mass is 16.2.